The first-order valence-corrected chi connectivity index (χ1v) is 9.72. The number of carboxylic acids is 1. The second kappa shape index (κ2) is 10.7. The van der Waals surface area contributed by atoms with E-state index in [9.17, 15) is 14.4 Å². The number of benzene rings is 1. The number of likely N-dealkylation sites (tertiary alicyclic amines) is 1. The molecule has 1 amide bonds. The Kier molecular flexibility index (Phi) is 8.29. The fraction of sp³-hybridized carbons (Fsp3) is 0.571. The number of carbonyl (C=O) groups is 3. The van der Waals surface area contributed by atoms with Crippen LogP contribution in [0.4, 0.5) is 0 Å². The highest BCUT2D eigenvalue weighted by Gasteiger charge is 2.23. The third kappa shape index (κ3) is 6.55. The molecule has 0 aliphatic carbocycles. The summed E-state index contributed by atoms with van der Waals surface area (Å²) in [7, 11) is 1.52. The molecular weight excluding hydrogens is 362 g/mol. The van der Waals surface area contributed by atoms with Gasteiger partial charge in [0.05, 0.1) is 13.7 Å². The number of hydrogen-bond acceptors (Lipinski definition) is 5. The van der Waals surface area contributed by atoms with Crippen LogP contribution in [0.15, 0.2) is 18.2 Å². The average Bonchev–Trinajstić information content (AvgIpc) is 2.69. The number of ether oxygens (including phenoxy) is 2. The van der Waals surface area contributed by atoms with Gasteiger partial charge in [0, 0.05) is 31.5 Å². The number of methoxy groups -OCH3 is 1. The van der Waals surface area contributed by atoms with Gasteiger partial charge in [-0.15, -0.1) is 0 Å². The van der Waals surface area contributed by atoms with Crippen molar-refractivity contribution >= 4 is 17.7 Å². The summed E-state index contributed by atoms with van der Waals surface area (Å²) in [5, 5.41) is 8.82. The number of hydrogen-bond donors (Lipinski definition) is 1. The SMILES string of the molecule is COc1cc(C(C)=O)ccc1OCCCC(=O)N1CCCC(CCC(=O)O)C1. The summed E-state index contributed by atoms with van der Waals surface area (Å²) in [6, 6.07) is 5.04. The molecule has 1 fully saturated rings. The number of Topliss-reactive ketones (excluding diaryl/α,β-unsaturated/α-hetero) is 1. The summed E-state index contributed by atoms with van der Waals surface area (Å²) in [5.41, 5.74) is 0.557. The van der Waals surface area contributed by atoms with E-state index in [0.717, 1.165) is 19.4 Å². The molecule has 7 nitrogen and oxygen atoms in total. The van der Waals surface area contributed by atoms with E-state index >= 15 is 0 Å². The zero-order valence-electron chi connectivity index (χ0n) is 16.6. The molecule has 1 aliphatic rings. The lowest BCUT2D eigenvalue weighted by atomic mass is 9.93. The van der Waals surface area contributed by atoms with Gasteiger partial charge in [-0.3, -0.25) is 14.4 Å². The lowest BCUT2D eigenvalue weighted by Crippen LogP contribution is -2.40. The van der Waals surface area contributed by atoms with Gasteiger partial charge in [0.1, 0.15) is 0 Å². The molecule has 1 aliphatic heterocycles. The van der Waals surface area contributed by atoms with Crippen molar-refractivity contribution in [1.82, 2.24) is 4.90 Å². The van der Waals surface area contributed by atoms with Crippen molar-refractivity contribution in [3.63, 3.8) is 0 Å². The van der Waals surface area contributed by atoms with Crippen LogP contribution in [0.2, 0.25) is 0 Å². The van der Waals surface area contributed by atoms with Gasteiger partial charge >= 0.3 is 5.97 Å². The minimum absolute atomic E-state index is 0.0429. The van der Waals surface area contributed by atoms with Crippen molar-refractivity contribution in [2.75, 3.05) is 26.8 Å². The second-order valence-corrected chi connectivity index (χ2v) is 7.15. The van der Waals surface area contributed by atoms with Crippen LogP contribution < -0.4 is 9.47 Å². The van der Waals surface area contributed by atoms with Crippen molar-refractivity contribution in [3.8, 4) is 11.5 Å². The number of piperidine rings is 1. The summed E-state index contributed by atoms with van der Waals surface area (Å²) in [6.07, 6.45) is 3.65. The molecule has 154 valence electrons. The molecule has 0 aromatic heterocycles. The first kappa shape index (κ1) is 21.7. The predicted molar refractivity (Wildman–Crippen MR) is 104 cm³/mol. The van der Waals surface area contributed by atoms with Gasteiger partial charge < -0.3 is 19.5 Å². The van der Waals surface area contributed by atoms with E-state index < -0.39 is 5.97 Å². The monoisotopic (exact) mass is 391 g/mol. The molecule has 1 atom stereocenters. The van der Waals surface area contributed by atoms with E-state index in [1.165, 1.54) is 14.0 Å². The summed E-state index contributed by atoms with van der Waals surface area (Å²) in [5.74, 6) is 0.575. The third-order valence-electron chi connectivity index (χ3n) is 5.00. The minimum atomic E-state index is -0.785. The lowest BCUT2D eigenvalue weighted by Gasteiger charge is -2.32. The maximum Gasteiger partial charge on any atom is 0.303 e. The largest absolute Gasteiger partial charge is 0.493 e. The Morgan fingerprint density at radius 3 is 2.68 bits per heavy atom. The normalized spacial score (nSPS) is 16.5. The Morgan fingerprint density at radius 1 is 1.21 bits per heavy atom. The average molecular weight is 391 g/mol. The highest BCUT2D eigenvalue weighted by molar-refractivity contribution is 5.94. The quantitative estimate of drug-likeness (QED) is 0.486. The molecule has 0 bridgehead atoms. The molecule has 0 spiro atoms. The van der Waals surface area contributed by atoms with Crippen LogP contribution in [0.3, 0.4) is 0 Å². The van der Waals surface area contributed by atoms with Crippen molar-refractivity contribution < 1.29 is 29.0 Å². The second-order valence-electron chi connectivity index (χ2n) is 7.15. The maximum absolute atomic E-state index is 12.4. The summed E-state index contributed by atoms with van der Waals surface area (Å²) >= 11 is 0. The first-order chi connectivity index (χ1) is 13.4. The standard InChI is InChI=1S/C21H29NO6/c1-15(23)17-8-9-18(19(13-17)27-2)28-12-4-6-20(24)22-11-3-5-16(14-22)7-10-21(25)26/h8-9,13,16H,3-7,10-12,14H2,1-2H3,(H,25,26). The molecule has 28 heavy (non-hydrogen) atoms. The third-order valence-corrected chi connectivity index (χ3v) is 5.00. The smallest absolute Gasteiger partial charge is 0.303 e. The number of carbonyl (C=O) groups excluding carboxylic acids is 2. The Labute approximate surface area is 165 Å². The Hall–Kier alpha value is -2.57. The van der Waals surface area contributed by atoms with Crippen LogP contribution >= 0.6 is 0 Å². The van der Waals surface area contributed by atoms with E-state index in [-0.39, 0.29) is 24.0 Å². The van der Waals surface area contributed by atoms with Gasteiger partial charge in [-0.25, -0.2) is 0 Å². The topological polar surface area (TPSA) is 93.1 Å². The van der Waals surface area contributed by atoms with Gasteiger partial charge in [-0.05, 0) is 56.7 Å². The fourth-order valence-corrected chi connectivity index (χ4v) is 3.42. The molecule has 0 saturated carbocycles. The molecule has 1 aromatic carbocycles. The van der Waals surface area contributed by atoms with Crippen LogP contribution in [-0.4, -0.2) is 54.5 Å². The molecule has 1 heterocycles. The van der Waals surface area contributed by atoms with Gasteiger partial charge in [-0.1, -0.05) is 0 Å². The molecule has 1 saturated heterocycles. The summed E-state index contributed by atoms with van der Waals surface area (Å²) < 4.78 is 11.0. The Morgan fingerprint density at radius 2 is 2.00 bits per heavy atom. The number of amides is 1. The zero-order chi connectivity index (χ0) is 20.5. The fourth-order valence-electron chi connectivity index (χ4n) is 3.42. The first-order valence-electron chi connectivity index (χ1n) is 9.72. The highest BCUT2D eigenvalue weighted by atomic mass is 16.5. The van der Waals surface area contributed by atoms with E-state index in [1.54, 1.807) is 18.2 Å². The van der Waals surface area contributed by atoms with Crippen LogP contribution in [0.5, 0.6) is 11.5 Å². The number of aliphatic carboxylic acids is 1. The summed E-state index contributed by atoms with van der Waals surface area (Å²) in [4.78, 5) is 36.4. The van der Waals surface area contributed by atoms with Gasteiger partial charge in [0.2, 0.25) is 5.91 Å². The van der Waals surface area contributed by atoms with Crippen LogP contribution in [-0.2, 0) is 9.59 Å². The van der Waals surface area contributed by atoms with E-state index in [2.05, 4.69) is 0 Å². The van der Waals surface area contributed by atoms with E-state index in [1.807, 2.05) is 4.90 Å². The summed E-state index contributed by atoms with van der Waals surface area (Å²) in [6.45, 7) is 3.25. The van der Waals surface area contributed by atoms with Gasteiger partial charge in [0.25, 0.3) is 0 Å². The van der Waals surface area contributed by atoms with Gasteiger partial charge in [0.15, 0.2) is 17.3 Å². The predicted octanol–water partition coefficient (Wildman–Crippen LogP) is 3.16. The number of rotatable bonds is 10. The molecule has 7 heteroatoms. The molecular formula is C21H29NO6. The molecule has 0 radical (unpaired) electrons. The Balaban J connectivity index is 1.76. The van der Waals surface area contributed by atoms with Crippen molar-refractivity contribution in [2.45, 2.75) is 45.4 Å². The number of ketones is 1. The lowest BCUT2D eigenvalue weighted by molar-refractivity contribution is -0.137. The highest BCUT2D eigenvalue weighted by Crippen LogP contribution is 2.28. The van der Waals surface area contributed by atoms with Crippen molar-refractivity contribution in [2.24, 2.45) is 5.92 Å². The van der Waals surface area contributed by atoms with Crippen LogP contribution in [0.25, 0.3) is 0 Å². The van der Waals surface area contributed by atoms with Crippen LogP contribution in [0, 0.1) is 5.92 Å². The molecule has 1 aromatic rings. The molecule has 2 rings (SSSR count). The van der Waals surface area contributed by atoms with E-state index in [4.69, 9.17) is 14.6 Å². The molecule has 1 unspecified atom stereocenters. The maximum atomic E-state index is 12.4. The number of nitrogens with zero attached hydrogens (tertiary/aromatic N) is 1. The minimum Gasteiger partial charge on any atom is -0.493 e. The van der Waals surface area contributed by atoms with Crippen molar-refractivity contribution in [1.29, 1.82) is 0 Å². The zero-order valence-corrected chi connectivity index (χ0v) is 16.6. The number of carboxylic acid groups (broad SMARTS) is 1. The Bertz CT molecular complexity index is 702. The van der Waals surface area contributed by atoms with Crippen molar-refractivity contribution in [3.05, 3.63) is 23.8 Å². The molecule has 1 N–H and O–H groups in total. The van der Waals surface area contributed by atoms with Gasteiger partial charge in [-0.2, -0.15) is 0 Å². The van der Waals surface area contributed by atoms with Crippen LogP contribution in [0.1, 0.15) is 55.8 Å². The van der Waals surface area contributed by atoms with E-state index in [0.29, 0.717) is 49.5 Å².